The van der Waals surface area contributed by atoms with Crippen molar-refractivity contribution in [3.63, 3.8) is 0 Å². The number of methoxy groups -OCH3 is 1. The molecule has 0 aliphatic carbocycles. The minimum absolute atomic E-state index is 0.300. The van der Waals surface area contributed by atoms with Gasteiger partial charge in [-0.05, 0) is 44.5 Å². The highest BCUT2D eigenvalue weighted by molar-refractivity contribution is 6.31. The van der Waals surface area contributed by atoms with E-state index in [1.165, 1.54) is 7.11 Å². The molecule has 0 spiro atoms. The van der Waals surface area contributed by atoms with Crippen molar-refractivity contribution in [2.24, 2.45) is 0 Å². The summed E-state index contributed by atoms with van der Waals surface area (Å²) in [4.78, 5) is 25.2. The fourth-order valence-electron chi connectivity index (χ4n) is 2.51. The highest BCUT2D eigenvalue weighted by Gasteiger charge is 2.25. The van der Waals surface area contributed by atoms with Gasteiger partial charge in [0.05, 0.1) is 12.8 Å². The molecule has 6 nitrogen and oxygen atoms in total. The maximum absolute atomic E-state index is 12.9. The lowest BCUT2D eigenvalue weighted by atomic mass is 10.1. The van der Waals surface area contributed by atoms with Gasteiger partial charge in [0.2, 0.25) is 5.91 Å². The van der Waals surface area contributed by atoms with Crippen LogP contribution in [0.4, 0.5) is 10.5 Å². The molecule has 0 heterocycles. The van der Waals surface area contributed by atoms with Crippen LogP contribution >= 0.6 is 11.6 Å². The number of alkyl carbamates (subject to hydrolysis) is 1. The van der Waals surface area contributed by atoms with Gasteiger partial charge in [0.15, 0.2) is 0 Å². The summed E-state index contributed by atoms with van der Waals surface area (Å²) in [5, 5.41) is 5.87. The largest absolute Gasteiger partial charge is 0.495 e. The summed E-state index contributed by atoms with van der Waals surface area (Å²) < 4.78 is 10.6. The maximum Gasteiger partial charge on any atom is 0.408 e. The number of amides is 2. The van der Waals surface area contributed by atoms with Crippen LogP contribution in [0.25, 0.3) is 0 Å². The van der Waals surface area contributed by atoms with Crippen molar-refractivity contribution in [1.29, 1.82) is 0 Å². The first kappa shape index (κ1) is 21.6. The molecule has 150 valence electrons. The molecule has 0 radical (unpaired) electrons. The lowest BCUT2D eigenvalue weighted by molar-refractivity contribution is -0.118. The molecule has 0 aliphatic heterocycles. The summed E-state index contributed by atoms with van der Waals surface area (Å²) in [6, 6.07) is 13.5. The highest BCUT2D eigenvalue weighted by atomic mass is 35.5. The van der Waals surface area contributed by atoms with Crippen molar-refractivity contribution in [1.82, 2.24) is 5.32 Å². The second-order valence-electron chi connectivity index (χ2n) is 7.22. The van der Waals surface area contributed by atoms with Gasteiger partial charge < -0.3 is 20.1 Å². The third-order valence-corrected chi connectivity index (χ3v) is 3.94. The molecule has 0 bridgehead atoms. The van der Waals surface area contributed by atoms with Crippen LogP contribution in [0.3, 0.4) is 0 Å². The minimum atomic E-state index is -0.846. The second kappa shape index (κ2) is 9.46. The van der Waals surface area contributed by atoms with Crippen LogP contribution in [0.2, 0.25) is 5.02 Å². The zero-order chi connectivity index (χ0) is 20.7. The number of hydrogen-bond acceptors (Lipinski definition) is 4. The smallest absolute Gasteiger partial charge is 0.408 e. The number of rotatable bonds is 6. The number of carbonyl (C=O) groups excluding carboxylic acids is 2. The molecule has 28 heavy (non-hydrogen) atoms. The van der Waals surface area contributed by atoms with Crippen molar-refractivity contribution in [2.45, 2.75) is 38.8 Å². The van der Waals surface area contributed by atoms with E-state index in [0.717, 1.165) is 5.56 Å². The Bertz CT molecular complexity index is 819. The molecular formula is C21H25ClN2O4. The maximum atomic E-state index is 12.9. The SMILES string of the molecule is COc1ccc(Cl)cc1NC(=O)[C@H](Cc1ccccc1)NC(=O)OC(C)(C)C. The fourth-order valence-corrected chi connectivity index (χ4v) is 2.68. The Balaban J connectivity index is 2.21. The average Bonchev–Trinajstić information content (AvgIpc) is 2.60. The van der Waals surface area contributed by atoms with Crippen molar-refractivity contribution in [3.05, 3.63) is 59.1 Å². The molecule has 0 saturated heterocycles. The van der Waals surface area contributed by atoms with E-state index in [1.807, 2.05) is 30.3 Å². The van der Waals surface area contributed by atoms with Crippen LogP contribution in [-0.2, 0) is 16.0 Å². The van der Waals surface area contributed by atoms with Crippen LogP contribution in [-0.4, -0.2) is 30.8 Å². The lowest BCUT2D eigenvalue weighted by Crippen LogP contribution is -2.47. The molecular weight excluding hydrogens is 380 g/mol. The number of nitrogens with one attached hydrogen (secondary N) is 2. The summed E-state index contributed by atoms with van der Waals surface area (Å²) >= 11 is 6.03. The molecule has 0 aliphatic rings. The number of carbonyl (C=O) groups is 2. The van der Waals surface area contributed by atoms with Crippen molar-refractivity contribution < 1.29 is 19.1 Å². The first-order chi connectivity index (χ1) is 13.2. The summed E-state index contributed by atoms with van der Waals surface area (Å²) in [5.74, 6) is 0.0590. The average molecular weight is 405 g/mol. The molecule has 2 aromatic rings. The molecule has 2 aromatic carbocycles. The van der Waals surface area contributed by atoms with E-state index in [1.54, 1.807) is 39.0 Å². The van der Waals surface area contributed by atoms with E-state index in [0.29, 0.717) is 22.9 Å². The Kier molecular flexibility index (Phi) is 7.29. The standard InChI is InChI=1S/C21H25ClN2O4/c1-21(2,3)28-20(26)24-17(12-14-8-6-5-7-9-14)19(25)23-16-13-15(22)10-11-18(16)27-4/h5-11,13,17H,12H2,1-4H3,(H,23,25)(H,24,26)/t17-/m0/s1. The number of benzene rings is 2. The van der Waals surface area contributed by atoms with Gasteiger partial charge in [-0.2, -0.15) is 0 Å². The zero-order valence-electron chi connectivity index (χ0n) is 16.4. The first-order valence-electron chi connectivity index (χ1n) is 8.86. The Labute approximate surface area is 170 Å². The topological polar surface area (TPSA) is 76.7 Å². The van der Waals surface area contributed by atoms with Gasteiger partial charge in [0, 0.05) is 11.4 Å². The van der Waals surface area contributed by atoms with Gasteiger partial charge in [-0.15, -0.1) is 0 Å². The summed E-state index contributed by atoms with van der Waals surface area (Å²) in [5.41, 5.74) is 0.648. The summed E-state index contributed by atoms with van der Waals surface area (Å²) in [7, 11) is 1.50. The molecule has 1 atom stereocenters. The first-order valence-corrected chi connectivity index (χ1v) is 9.23. The Morgan fingerprint density at radius 3 is 2.39 bits per heavy atom. The lowest BCUT2D eigenvalue weighted by Gasteiger charge is -2.23. The third kappa shape index (κ3) is 6.78. The van der Waals surface area contributed by atoms with Crippen molar-refractivity contribution in [3.8, 4) is 5.75 Å². The van der Waals surface area contributed by atoms with E-state index in [-0.39, 0.29) is 0 Å². The Morgan fingerprint density at radius 1 is 1.11 bits per heavy atom. The number of anilines is 1. The van der Waals surface area contributed by atoms with Crippen LogP contribution in [0, 0.1) is 0 Å². The van der Waals surface area contributed by atoms with Gasteiger partial charge in [0.25, 0.3) is 0 Å². The third-order valence-electron chi connectivity index (χ3n) is 3.71. The van der Waals surface area contributed by atoms with Gasteiger partial charge in [-0.3, -0.25) is 4.79 Å². The van der Waals surface area contributed by atoms with Crippen molar-refractivity contribution in [2.75, 3.05) is 12.4 Å². The normalized spacial score (nSPS) is 12.0. The molecule has 7 heteroatoms. The van der Waals surface area contributed by atoms with Crippen LogP contribution in [0.15, 0.2) is 48.5 Å². The van der Waals surface area contributed by atoms with Gasteiger partial charge in [-0.1, -0.05) is 41.9 Å². The van der Waals surface area contributed by atoms with Gasteiger partial charge in [-0.25, -0.2) is 4.79 Å². The molecule has 2 N–H and O–H groups in total. The summed E-state index contributed by atoms with van der Waals surface area (Å²) in [6.07, 6.45) is -0.365. The van der Waals surface area contributed by atoms with Gasteiger partial charge >= 0.3 is 6.09 Å². The van der Waals surface area contributed by atoms with E-state index < -0.39 is 23.6 Å². The molecule has 2 amide bonds. The highest BCUT2D eigenvalue weighted by Crippen LogP contribution is 2.28. The van der Waals surface area contributed by atoms with Crippen LogP contribution in [0.1, 0.15) is 26.3 Å². The number of hydrogen-bond donors (Lipinski definition) is 2. The van der Waals surface area contributed by atoms with E-state index >= 15 is 0 Å². The van der Waals surface area contributed by atoms with Gasteiger partial charge in [0.1, 0.15) is 17.4 Å². The predicted octanol–water partition coefficient (Wildman–Crippen LogP) is 4.42. The van der Waals surface area contributed by atoms with E-state index in [4.69, 9.17) is 21.1 Å². The monoisotopic (exact) mass is 404 g/mol. The quantitative estimate of drug-likeness (QED) is 0.747. The molecule has 0 saturated carbocycles. The second-order valence-corrected chi connectivity index (χ2v) is 7.66. The number of halogens is 1. The number of ether oxygens (including phenoxy) is 2. The Hall–Kier alpha value is -2.73. The minimum Gasteiger partial charge on any atom is -0.495 e. The fraction of sp³-hybridized carbons (Fsp3) is 0.333. The molecule has 2 rings (SSSR count). The summed E-state index contributed by atoms with van der Waals surface area (Å²) in [6.45, 7) is 5.28. The van der Waals surface area contributed by atoms with Crippen LogP contribution < -0.4 is 15.4 Å². The van der Waals surface area contributed by atoms with E-state index in [9.17, 15) is 9.59 Å². The van der Waals surface area contributed by atoms with Crippen LogP contribution in [0.5, 0.6) is 5.75 Å². The van der Waals surface area contributed by atoms with Crippen molar-refractivity contribution >= 4 is 29.3 Å². The predicted molar refractivity (Wildman–Crippen MR) is 110 cm³/mol. The zero-order valence-corrected chi connectivity index (χ0v) is 17.2. The van der Waals surface area contributed by atoms with E-state index in [2.05, 4.69) is 10.6 Å². The molecule has 0 unspecified atom stereocenters. The Morgan fingerprint density at radius 2 is 1.79 bits per heavy atom. The molecule has 0 fully saturated rings. The molecule has 0 aromatic heterocycles.